The molecule has 0 bridgehead atoms. The summed E-state index contributed by atoms with van der Waals surface area (Å²) in [5.74, 6) is 2.09. The predicted molar refractivity (Wildman–Crippen MR) is 126 cm³/mol. The number of carbonyl (C=O) groups excluding carboxylic acids is 2. The SMILES string of the molecule is CC(C)c1cccc(N2CCN(CCCCC(=O)c3ccc4c(n3)NC(=O)CC4)CC2)n1. The summed E-state index contributed by atoms with van der Waals surface area (Å²) < 4.78 is 0. The van der Waals surface area contributed by atoms with E-state index in [4.69, 9.17) is 4.98 Å². The van der Waals surface area contributed by atoms with E-state index in [9.17, 15) is 9.59 Å². The average Bonchev–Trinajstić information content (AvgIpc) is 2.81. The second-order valence-corrected chi connectivity index (χ2v) is 9.04. The molecule has 7 nitrogen and oxygen atoms in total. The first-order valence-corrected chi connectivity index (χ1v) is 11.8. The Morgan fingerprint density at radius 2 is 1.84 bits per heavy atom. The number of nitrogens with one attached hydrogen (secondary N) is 1. The van der Waals surface area contributed by atoms with Gasteiger partial charge in [-0.3, -0.25) is 14.5 Å². The molecule has 7 heteroatoms. The average molecular weight is 436 g/mol. The van der Waals surface area contributed by atoms with Crippen molar-refractivity contribution < 1.29 is 9.59 Å². The van der Waals surface area contributed by atoms with Crippen LogP contribution in [0.5, 0.6) is 0 Å². The predicted octanol–water partition coefficient (Wildman–Crippen LogP) is 3.66. The maximum absolute atomic E-state index is 12.5. The van der Waals surface area contributed by atoms with Crippen molar-refractivity contribution in [1.82, 2.24) is 14.9 Å². The first-order chi connectivity index (χ1) is 15.5. The third-order valence-electron chi connectivity index (χ3n) is 6.32. The number of unbranched alkanes of at least 4 members (excludes halogenated alkanes) is 1. The van der Waals surface area contributed by atoms with E-state index in [1.54, 1.807) is 6.07 Å². The number of piperazine rings is 1. The number of Topliss-reactive ketones (excluding diaryl/α,β-unsaturated/α-hetero) is 1. The molecule has 1 fully saturated rings. The van der Waals surface area contributed by atoms with Crippen molar-refractivity contribution in [3.63, 3.8) is 0 Å². The summed E-state index contributed by atoms with van der Waals surface area (Å²) in [7, 11) is 0. The quantitative estimate of drug-likeness (QED) is 0.504. The van der Waals surface area contributed by atoms with Crippen LogP contribution in [0, 0.1) is 0 Å². The molecule has 0 atom stereocenters. The lowest BCUT2D eigenvalue weighted by Gasteiger charge is -2.35. The smallest absolute Gasteiger partial charge is 0.225 e. The Balaban J connectivity index is 1.18. The maximum atomic E-state index is 12.5. The molecule has 1 saturated heterocycles. The Kier molecular flexibility index (Phi) is 7.15. The number of carbonyl (C=O) groups is 2. The number of hydrogen-bond acceptors (Lipinski definition) is 6. The highest BCUT2D eigenvalue weighted by atomic mass is 16.1. The molecule has 32 heavy (non-hydrogen) atoms. The third kappa shape index (κ3) is 5.51. The first-order valence-electron chi connectivity index (χ1n) is 11.8. The zero-order chi connectivity index (χ0) is 22.5. The standard InChI is InChI=1S/C25H33N5O2/c1-18(2)20-6-5-8-23(26-20)30-16-14-29(15-17-30)13-4-3-7-22(31)21-11-9-19-10-12-24(32)28-25(19)27-21/h5-6,8-9,11,18H,3-4,7,10,12-17H2,1-2H3,(H,27,28,32). The highest BCUT2D eigenvalue weighted by Gasteiger charge is 2.20. The lowest BCUT2D eigenvalue weighted by atomic mass is 10.0. The van der Waals surface area contributed by atoms with Gasteiger partial charge in [0, 0.05) is 44.7 Å². The number of pyridine rings is 2. The normalized spacial score (nSPS) is 16.7. The Labute approximate surface area is 190 Å². The molecule has 0 aliphatic carbocycles. The number of anilines is 2. The molecule has 2 aliphatic heterocycles. The fraction of sp³-hybridized carbons (Fsp3) is 0.520. The zero-order valence-electron chi connectivity index (χ0n) is 19.1. The number of nitrogens with zero attached hydrogens (tertiary/aromatic N) is 4. The number of rotatable bonds is 8. The van der Waals surface area contributed by atoms with Crippen molar-refractivity contribution in [2.75, 3.05) is 42.9 Å². The largest absolute Gasteiger partial charge is 0.354 e. The van der Waals surface area contributed by atoms with Gasteiger partial charge in [0.15, 0.2) is 5.78 Å². The van der Waals surface area contributed by atoms with Gasteiger partial charge in [0.1, 0.15) is 17.3 Å². The van der Waals surface area contributed by atoms with Crippen LogP contribution in [0.2, 0.25) is 0 Å². The molecule has 0 spiro atoms. The summed E-state index contributed by atoms with van der Waals surface area (Å²) in [6.07, 6.45) is 3.51. The van der Waals surface area contributed by atoms with E-state index in [0.717, 1.165) is 62.6 Å². The number of fused-ring (bicyclic) bond motifs is 1. The summed E-state index contributed by atoms with van der Waals surface area (Å²) in [6, 6.07) is 10.0. The van der Waals surface area contributed by atoms with Crippen molar-refractivity contribution in [1.29, 1.82) is 0 Å². The third-order valence-corrected chi connectivity index (χ3v) is 6.32. The molecule has 0 saturated carbocycles. The van der Waals surface area contributed by atoms with Crippen molar-refractivity contribution in [3.05, 3.63) is 47.3 Å². The number of hydrogen-bond donors (Lipinski definition) is 1. The Bertz CT molecular complexity index is 967. The minimum Gasteiger partial charge on any atom is -0.354 e. The highest BCUT2D eigenvalue weighted by molar-refractivity contribution is 5.97. The van der Waals surface area contributed by atoms with E-state index in [-0.39, 0.29) is 11.7 Å². The minimum absolute atomic E-state index is 0.0295. The highest BCUT2D eigenvalue weighted by Crippen LogP contribution is 2.22. The van der Waals surface area contributed by atoms with Crippen molar-refractivity contribution >= 4 is 23.3 Å². The number of aromatic nitrogens is 2. The van der Waals surface area contributed by atoms with Crippen molar-refractivity contribution in [2.24, 2.45) is 0 Å². The van der Waals surface area contributed by atoms with E-state index >= 15 is 0 Å². The summed E-state index contributed by atoms with van der Waals surface area (Å²) in [5.41, 5.74) is 2.60. The van der Waals surface area contributed by atoms with Gasteiger partial charge in [0.2, 0.25) is 5.91 Å². The van der Waals surface area contributed by atoms with Gasteiger partial charge in [0.05, 0.1) is 0 Å². The van der Waals surface area contributed by atoms with Gasteiger partial charge in [0.25, 0.3) is 0 Å². The van der Waals surface area contributed by atoms with E-state index in [0.29, 0.717) is 36.7 Å². The van der Waals surface area contributed by atoms with Gasteiger partial charge < -0.3 is 10.2 Å². The van der Waals surface area contributed by atoms with Gasteiger partial charge in [-0.1, -0.05) is 26.0 Å². The topological polar surface area (TPSA) is 78.4 Å². The second kappa shape index (κ2) is 10.2. The summed E-state index contributed by atoms with van der Waals surface area (Å²) in [4.78, 5) is 38.1. The molecule has 170 valence electrons. The molecule has 1 amide bonds. The lowest BCUT2D eigenvalue weighted by molar-refractivity contribution is -0.116. The van der Waals surface area contributed by atoms with E-state index in [1.807, 2.05) is 6.07 Å². The zero-order valence-corrected chi connectivity index (χ0v) is 19.1. The lowest BCUT2D eigenvalue weighted by Crippen LogP contribution is -2.47. The van der Waals surface area contributed by atoms with Crippen LogP contribution in [0.25, 0.3) is 0 Å². The fourth-order valence-corrected chi connectivity index (χ4v) is 4.28. The Morgan fingerprint density at radius 3 is 2.62 bits per heavy atom. The molecule has 2 aromatic heterocycles. The summed E-state index contributed by atoms with van der Waals surface area (Å²) >= 11 is 0. The van der Waals surface area contributed by atoms with Crippen LogP contribution in [0.1, 0.15) is 67.2 Å². The Hall–Kier alpha value is -2.80. The molecule has 4 heterocycles. The van der Waals surface area contributed by atoms with Crippen LogP contribution < -0.4 is 10.2 Å². The van der Waals surface area contributed by atoms with Crippen LogP contribution in [0.3, 0.4) is 0 Å². The van der Waals surface area contributed by atoms with Gasteiger partial charge in [-0.15, -0.1) is 0 Å². The van der Waals surface area contributed by atoms with Crippen molar-refractivity contribution in [3.8, 4) is 0 Å². The monoisotopic (exact) mass is 435 g/mol. The molecule has 0 unspecified atom stereocenters. The van der Waals surface area contributed by atoms with Gasteiger partial charge in [-0.05, 0) is 55.5 Å². The molecular weight excluding hydrogens is 402 g/mol. The molecular formula is C25H33N5O2. The minimum atomic E-state index is -0.0295. The fourth-order valence-electron chi connectivity index (χ4n) is 4.28. The van der Waals surface area contributed by atoms with Crippen molar-refractivity contribution in [2.45, 2.75) is 51.9 Å². The maximum Gasteiger partial charge on any atom is 0.225 e. The van der Waals surface area contributed by atoms with Crippen LogP contribution in [0.4, 0.5) is 11.6 Å². The molecule has 1 N–H and O–H groups in total. The molecule has 2 aromatic rings. The molecule has 0 radical (unpaired) electrons. The first kappa shape index (κ1) is 22.4. The van der Waals surface area contributed by atoms with Crippen LogP contribution in [-0.2, 0) is 11.2 Å². The van der Waals surface area contributed by atoms with Gasteiger partial charge in [-0.2, -0.15) is 0 Å². The summed E-state index contributed by atoms with van der Waals surface area (Å²) in [6.45, 7) is 9.37. The Morgan fingerprint density at radius 1 is 1.03 bits per heavy atom. The number of amides is 1. The van der Waals surface area contributed by atoms with E-state index in [1.165, 1.54) is 0 Å². The van der Waals surface area contributed by atoms with E-state index < -0.39 is 0 Å². The van der Waals surface area contributed by atoms with Crippen LogP contribution >= 0.6 is 0 Å². The molecule has 4 rings (SSSR count). The number of aryl methyl sites for hydroxylation is 1. The van der Waals surface area contributed by atoms with Crippen LogP contribution in [0.15, 0.2) is 30.3 Å². The number of ketones is 1. The van der Waals surface area contributed by atoms with Gasteiger partial charge >= 0.3 is 0 Å². The van der Waals surface area contributed by atoms with Gasteiger partial charge in [-0.25, -0.2) is 9.97 Å². The molecule has 2 aliphatic rings. The van der Waals surface area contributed by atoms with E-state index in [2.05, 4.69) is 52.1 Å². The van der Waals surface area contributed by atoms with Crippen LogP contribution in [-0.4, -0.2) is 59.3 Å². The second-order valence-electron chi connectivity index (χ2n) is 9.04. The summed E-state index contributed by atoms with van der Waals surface area (Å²) in [5, 5.41) is 2.77. The molecule has 0 aromatic carbocycles.